The van der Waals surface area contributed by atoms with Crippen molar-refractivity contribution in [2.75, 3.05) is 0 Å². The van der Waals surface area contributed by atoms with E-state index in [4.69, 9.17) is 5.73 Å². The summed E-state index contributed by atoms with van der Waals surface area (Å²) >= 11 is 0. The summed E-state index contributed by atoms with van der Waals surface area (Å²) in [6.45, 7) is 0. The van der Waals surface area contributed by atoms with Crippen molar-refractivity contribution in [2.45, 2.75) is 31.4 Å². The van der Waals surface area contributed by atoms with Crippen LogP contribution in [0.2, 0.25) is 0 Å². The van der Waals surface area contributed by atoms with Gasteiger partial charge in [0.25, 0.3) is 0 Å². The molecule has 0 unspecified atom stereocenters. The molecule has 9 heavy (non-hydrogen) atoms. The zero-order valence-corrected chi connectivity index (χ0v) is 5.46. The normalized spacial score (nSPS) is 56.7. The van der Waals surface area contributed by atoms with Gasteiger partial charge in [0.05, 0.1) is 6.10 Å². The molecular formula is C7H13NO. The van der Waals surface area contributed by atoms with Gasteiger partial charge in [-0.1, -0.05) is 0 Å². The summed E-state index contributed by atoms with van der Waals surface area (Å²) in [7, 11) is 0. The average molecular weight is 127 g/mol. The Morgan fingerprint density at radius 2 is 1.89 bits per heavy atom. The van der Waals surface area contributed by atoms with E-state index < -0.39 is 0 Å². The van der Waals surface area contributed by atoms with Gasteiger partial charge in [-0.3, -0.25) is 0 Å². The van der Waals surface area contributed by atoms with Crippen LogP contribution in [-0.4, -0.2) is 17.3 Å². The fourth-order valence-electron chi connectivity index (χ4n) is 2.29. The molecule has 2 rings (SSSR count). The Bertz CT molecular complexity index is 108. The summed E-state index contributed by atoms with van der Waals surface area (Å²) in [4.78, 5) is 0. The molecule has 2 heteroatoms. The minimum atomic E-state index is -0.0187. The molecule has 0 heterocycles. The van der Waals surface area contributed by atoms with Gasteiger partial charge < -0.3 is 10.8 Å². The Morgan fingerprint density at radius 1 is 1.11 bits per heavy atom. The van der Waals surface area contributed by atoms with Crippen molar-refractivity contribution in [3.63, 3.8) is 0 Å². The topological polar surface area (TPSA) is 46.2 Å². The van der Waals surface area contributed by atoms with Crippen LogP contribution in [0.1, 0.15) is 19.3 Å². The second-order valence-electron chi connectivity index (χ2n) is 3.46. The standard InChI is InChI=1S/C7H13NO/c8-6-2-5-1-4(6)3-7(5)9/h4-7,9H,1-3,8H2/t4-,5-,6-,7-/m0/s1. The number of rotatable bonds is 0. The van der Waals surface area contributed by atoms with Gasteiger partial charge >= 0.3 is 0 Å². The summed E-state index contributed by atoms with van der Waals surface area (Å²) in [6.07, 6.45) is 3.19. The predicted octanol–water partition coefficient (Wildman–Crippen LogP) is 0.104. The molecule has 2 fully saturated rings. The van der Waals surface area contributed by atoms with Crippen molar-refractivity contribution < 1.29 is 5.11 Å². The van der Waals surface area contributed by atoms with Crippen LogP contribution in [0.25, 0.3) is 0 Å². The van der Waals surface area contributed by atoms with Crippen molar-refractivity contribution >= 4 is 0 Å². The van der Waals surface area contributed by atoms with Gasteiger partial charge in [0, 0.05) is 6.04 Å². The van der Waals surface area contributed by atoms with Crippen LogP contribution < -0.4 is 5.73 Å². The van der Waals surface area contributed by atoms with Crippen LogP contribution in [-0.2, 0) is 0 Å². The second kappa shape index (κ2) is 1.70. The Kier molecular flexibility index (Phi) is 1.08. The van der Waals surface area contributed by atoms with Crippen LogP contribution >= 0.6 is 0 Å². The van der Waals surface area contributed by atoms with Crippen LogP contribution in [0, 0.1) is 11.8 Å². The van der Waals surface area contributed by atoms with Crippen LogP contribution in [0.4, 0.5) is 0 Å². The Hall–Kier alpha value is -0.0800. The van der Waals surface area contributed by atoms with E-state index in [1.54, 1.807) is 0 Å². The molecular weight excluding hydrogens is 114 g/mol. The maximum atomic E-state index is 9.28. The van der Waals surface area contributed by atoms with E-state index in [1.165, 1.54) is 6.42 Å². The van der Waals surface area contributed by atoms with Gasteiger partial charge in [-0.15, -0.1) is 0 Å². The quantitative estimate of drug-likeness (QED) is 0.485. The van der Waals surface area contributed by atoms with Crippen molar-refractivity contribution in [3.8, 4) is 0 Å². The summed E-state index contributed by atoms with van der Waals surface area (Å²) in [6, 6.07) is 0.401. The number of hydrogen-bond donors (Lipinski definition) is 2. The first-order valence-electron chi connectivity index (χ1n) is 3.71. The lowest BCUT2D eigenvalue weighted by Gasteiger charge is -2.20. The largest absolute Gasteiger partial charge is 0.393 e. The summed E-state index contributed by atoms with van der Waals surface area (Å²) in [5, 5.41) is 9.28. The highest BCUT2D eigenvalue weighted by atomic mass is 16.3. The van der Waals surface area contributed by atoms with Crippen molar-refractivity contribution in [2.24, 2.45) is 17.6 Å². The number of nitrogens with two attached hydrogens (primary N) is 1. The number of aliphatic hydroxyl groups is 1. The molecule has 0 radical (unpaired) electrons. The molecule has 52 valence electrons. The maximum Gasteiger partial charge on any atom is 0.0572 e. The van der Waals surface area contributed by atoms with Gasteiger partial charge in [0.15, 0.2) is 0 Å². The smallest absolute Gasteiger partial charge is 0.0572 e. The lowest BCUT2D eigenvalue weighted by molar-refractivity contribution is 0.108. The third-order valence-electron chi connectivity index (χ3n) is 2.87. The van der Waals surface area contributed by atoms with Gasteiger partial charge in [-0.2, -0.15) is 0 Å². The highest BCUT2D eigenvalue weighted by molar-refractivity contribution is 4.97. The van der Waals surface area contributed by atoms with E-state index >= 15 is 0 Å². The molecule has 0 aromatic carbocycles. The van der Waals surface area contributed by atoms with Gasteiger partial charge in [0.2, 0.25) is 0 Å². The molecule has 0 saturated heterocycles. The second-order valence-corrected chi connectivity index (χ2v) is 3.46. The van der Waals surface area contributed by atoms with Crippen molar-refractivity contribution in [1.82, 2.24) is 0 Å². The minimum absolute atomic E-state index is 0.0187. The Labute approximate surface area is 55.1 Å². The van der Waals surface area contributed by atoms with Crippen molar-refractivity contribution in [1.29, 1.82) is 0 Å². The molecule has 3 N–H and O–H groups in total. The molecule has 0 amide bonds. The van der Waals surface area contributed by atoms with Crippen LogP contribution in [0.3, 0.4) is 0 Å². The molecule has 2 saturated carbocycles. The first kappa shape index (κ1) is 5.69. The van der Waals surface area contributed by atoms with Gasteiger partial charge in [-0.05, 0) is 31.1 Å². The first-order chi connectivity index (χ1) is 4.27. The predicted molar refractivity (Wildman–Crippen MR) is 34.8 cm³/mol. The minimum Gasteiger partial charge on any atom is -0.393 e. The lowest BCUT2D eigenvalue weighted by Crippen LogP contribution is -2.31. The fourth-order valence-corrected chi connectivity index (χ4v) is 2.29. The molecule has 0 aromatic rings. The molecule has 4 atom stereocenters. The van der Waals surface area contributed by atoms with E-state index in [-0.39, 0.29) is 6.10 Å². The van der Waals surface area contributed by atoms with E-state index in [0.717, 1.165) is 12.8 Å². The SMILES string of the molecule is N[C@H]1C[C@@H]2C[C@H]1C[C@@H]2O. The number of hydrogen-bond acceptors (Lipinski definition) is 2. The van der Waals surface area contributed by atoms with Crippen LogP contribution in [0.15, 0.2) is 0 Å². The first-order valence-corrected chi connectivity index (χ1v) is 3.71. The Morgan fingerprint density at radius 3 is 2.22 bits per heavy atom. The number of aliphatic hydroxyl groups excluding tert-OH is 1. The van der Waals surface area contributed by atoms with Gasteiger partial charge in [-0.25, -0.2) is 0 Å². The molecule has 2 aliphatic rings. The highest BCUT2D eigenvalue weighted by Crippen LogP contribution is 2.43. The van der Waals surface area contributed by atoms with E-state index in [1.807, 2.05) is 0 Å². The number of fused-ring (bicyclic) bond motifs is 2. The third-order valence-corrected chi connectivity index (χ3v) is 2.87. The molecule has 2 nitrogen and oxygen atoms in total. The highest BCUT2D eigenvalue weighted by Gasteiger charge is 2.43. The third kappa shape index (κ3) is 0.700. The van der Waals surface area contributed by atoms with E-state index in [2.05, 4.69) is 0 Å². The Balaban J connectivity index is 2.10. The summed E-state index contributed by atoms with van der Waals surface area (Å²) < 4.78 is 0. The molecule has 2 bridgehead atoms. The maximum absolute atomic E-state index is 9.28. The monoisotopic (exact) mass is 127 g/mol. The van der Waals surface area contributed by atoms with E-state index in [9.17, 15) is 5.11 Å². The summed E-state index contributed by atoms with van der Waals surface area (Å²) in [5.41, 5.74) is 5.77. The molecule has 0 aromatic heterocycles. The zero-order valence-electron chi connectivity index (χ0n) is 5.46. The van der Waals surface area contributed by atoms with Crippen LogP contribution in [0.5, 0.6) is 0 Å². The molecule has 2 aliphatic carbocycles. The summed E-state index contributed by atoms with van der Waals surface area (Å²) in [5.74, 6) is 1.19. The van der Waals surface area contributed by atoms with Crippen molar-refractivity contribution in [3.05, 3.63) is 0 Å². The van der Waals surface area contributed by atoms with E-state index in [0.29, 0.717) is 17.9 Å². The van der Waals surface area contributed by atoms with Gasteiger partial charge in [0.1, 0.15) is 0 Å². The average Bonchev–Trinajstić information content (AvgIpc) is 2.24. The fraction of sp³-hybridized carbons (Fsp3) is 1.00. The lowest BCUT2D eigenvalue weighted by atomic mass is 9.94. The molecule has 0 aliphatic heterocycles. The zero-order chi connectivity index (χ0) is 6.43. The molecule has 0 spiro atoms.